The zero-order valence-corrected chi connectivity index (χ0v) is 10.2. The molecule has 1 nitrogen and oxygen atoms in total. The van der Waals surface area contributed by atoms with Gasteiger partial charge < -0.3 is 5.32 Å². The maximum Gasteiger partial charge on any atom is 0.0299 e. The second kappa shape index (κ2) is 5.13. The lowest BCUT2D eigenvalue weighted by atomic mass is 10.00. The quantitative estimate of drug-likeness (QED) is 0.738. The molecule has 1 N–H and O–H groups in total. The van der Waals surface area contributed by atoms with Crippen LogP contribution in [0.3, 0.4) is 0 Å². The van der Waals surface area contributed by atoms with E-state index in [1.54, 1.807) is 0 Å². The minimum absolute atomic E-state index is 0.348. The molecule has 15 heavy (non-hydrogen) atoms. The molecule has 0 spiro atoms. The molecule has 0 aliphatic rings. The monoisotopic (exact) mass is 203 g/mol. The number of hydrogen-bond donors (Lipinski definition) is 1. The molecule has 0 amide bonds. The summed E-state index contributed by atoms with van der Waals surface area (Å²) in [6, 6.07) is 7.32. The third-order valence-electron chi connectivity index (χ3n) is 2.76. The Labute approximate surface area is 93.2 Å². The first-order valence-electron chi connectivity index (χ1n) is 5.50. The van der Waals surface area contributed by atoms with E-state index in [0.29, 0.717) is 12.1 Å². The highest BCUT2D eigenvalue weighted by Gasteiger charge is 2.09. The Hall–Kier alpha value is -1.08. The maximum absolute atomic E-state index is 3.78. The van der Waals surface area contributed by atoms with Gasteiger partial charge in [0.25, 0.3) is 0 Å². The molecular weight excluding hydrogens is 182 g/mol. The van der Waals surface area contributed by atoms with E-state index >= 15 is 0 Å². The minimum atomic E-state index is 0.348. The topological polar surface area (TPSA) is 12.0 Å². The molecule has 82 valence electrons. The van der Waals surface area contributed by atoms with Gasteiger partial charge in [-0.2, -0.15) is 0 Å². The van der Waals surface area contributed by atoms with Crippen molar-refractivity contribution in [2.75, 3.05) is 0 Å². The highest BCUT2D eigenvalue weighted by atomic mass is 14.9. The van der Waals surface area contributed by atoms with Crippen molar-refractivity contribution in [2.24, 2.45) is 0 Å². The highest BCUT2D eigenvalue weighted by molar-refractivity contribution is 5.32. The highest BCUT2D eigenvalue weighted by Crippen LogP contribution is 2.18. The molecule has 0 bridgehead atoms. The van der Waals surface area contributed by atoms with Crippen LogP contribution >= 0.6 is 0 Å². The first-order valence-corrected chi connectivity index (χ1v) is 5.50. The number of benzene rings is 1. The second-order valence-corrected chi connectivity index (χ2v) is 4.27. The van der Waals surface area contributed by atoms with Crippen molar-refractivity contribution < 1.29 is 0 Å². The summed E-state index contributed by atoms with van der Waals surface area (Å²) in [4.78, 5) is 0. The molecule has 0 saturated carbocycles. The Morgan fingerprint density at radius 1 is 1.27 bits per heavy atom. The van der Waals surface area contributed by atoms with E-state index in [1.807, 2.05) is 6.08 Å². The summed E-state index contributed by atoms with van der Waals surface area (Å²) in [5.41, 5.74) is 4.04. The first kappa shape index (κ1) is 12.0. The third kappa shape index (κ3) is 3.21. The summed E-state index contributed by atoms with van der Waals surface area (Å²) in [5.74, 6) is 0. The van der Waals surface area contributed by atoms with Gasteiger partial charge in [-0.25, -0.2) is 0 Å². The summed E-state index contributed by atoms with van der Waals surface area (Å²) < 4.78 is 0. The van der Waals surface area contributed by atoms with E-state index in [0.717, 1.165) is 0 Å². The normalized spacial score (nSPS) is 14.7. The predicted molar refractivity (Wildman–Crippen MR) is 67.1 cm³/mol. The Balaban J connectivity index is 2.81. The van der Waals surface area contributed by atoms with E-state index in [4.69, 9.17) is 0 Å². The fourth-order valence-electron chi connectivity index (χ4n) is 1.86. The van der Waals surface area contributed by atoms with Crippen molar-refractivity contribution in [1.29, 1.82) is 0 Å². The van der Waals surface area contributed by atoms with Gasteiger partial charge in [-0.3, -0.25) is 0 Å². The van der Waals surface area contributed by atoms with E-state index in [1.165, 1.54) is 16.7 Å². The molecule has 1 aromatic carbocycles. The van der Waals surface area contributed by atoms with Crippen LogP contribution in [-0.4, -0.2) is 6.04 Å². The van der Waals surface area contributed by atoms with Crippen LogP contribution in [-0.2, 0) is 0 Å². The summed E-state index contributed by atoms with van der Waals surface area (Å²) >= 11 is 0. The Kier molecular flexibility index (Phi) is 4.10. The van der Waals surface area contributed by atoms with Crippen molar-refractivity contribution in [1.82, 2.24) is 5.32 Å². The van der Waals surface area contributed by atoms with E-state index < -0.39 is 0 Å². The van der Waals surface area contributed by atoms with Crippen LogP contribution in [0.5, 0.6) is 0 Å². The maximum atomic E-state index is 3.78. The van der Waals surface area contributed by atoms with Crippen LogP contribution in [0.25, 0.3) is 0 Å². The van der Waals surface area contributed by atoms with Crippen LogP contribution in [0.15, 0.2) is 30.9 Å². The van der Waals surface area contributed by atoms with Crippen molar-refractivity contribution in [2.45, 2.75) is 39.8 Å². The molecule has 0 heterocycles. The summed E-state index contributed by atoms with van der Waals surface area (Å²) in [6.07, 6.45) is 1.93. The average Bonchev–Trinajstić information content (AvgIpc) is 2.17. The summed E-state index contributed by atoms with van der Waals surface area (Å²) in [6.45, 7) is 12.4. The van der Waals surface area contributed by atoms with Crippen molar-refractivity contribution in [3.8, 4) is 0 Å². The lowest BCUT2D eigenvalue weighted by Gasteiger charge is -2.19. The first-order chi connectivity index (χ1) is 7.04. The summed E-state index contributed by atoms with van der Waals surface area (Å²) in [5, 5.41) is 3.49. The number of hydrogen-bond acceptors (Lipinski definition) is 1. The molecule has 1 heteroatoms. The fraction of sp³-hybridized carbons (Fsp3) is 0.429. The Morgan fingerprint density at radius 2 is 1.93 bits per heavy atom. The van der Waals surface area contributed by atoms with Gasteiger partial charge in [-0.15, -0.1) is 6.58 Å². The molecule has 0 aromatic heterocycles. The third-order valence-corrected chi connectivity index (χ3v) is 2.76. The van der Waals surface area contributed by atoms with Gasteiger partial charge in [0.05, 0.1) is 0 Å². The van der Waals surface area contributed by atoms with Gasteiger partial charge in [0.1, 0.15) is 0 Å². The van der Waals surface area contributed by atoms with Crippen LogP contribution in [0, 0.1) is 13.8 Å². The second-order valence-electron chi connectivity index (χ2n) is 4.27. The molecule has 0 aliphatic carbocycles. The molecule has 0 fully saturated rings. The van der Waals surface area contributed by atoms with Crippen LogP contribution < -0.4 is 5.32 Å². The van der Waals surface area contributed by atoms with Gasteiger partial charge in [-0.05, 0) is 38.8 Å². The van der Waals surface area contributed by atoms with Gasteiger partial charge in [0.15, 0.2) is 0 Å². The van der Waals surface area contributed by atoms with Gasteiger partial charge >= 0.3 is 0 Å². The van der Waals surface area contributed by atoms with Gasteiger partial charge in [-0.1, -0.05) is 29.8 Å². The van der Waals surface area contributed by atoms with E-state index in [2.05, 4.69) is 57.8 Å². The Morgan fingerprint density at radius 3 is 2.47 bits per heavy atom. The SMILES string of the molecule is C=CC(C)NC(C)c1ccc(C)cc1C. The summed E-state index contributed by atoms with van der Waals surface area (Å²) in [7, 11) is 0. The largest absolute Gasteiger partial charge is 0.304 e. The number of aryl methyl sites for hydroxylation is 2. The van der Waals surface area contributed by atoms with Crippen molar-refractivity contribution >= 4 is 0 Å². The lowest BCUT2D eigenvalue weighted by Crippen LogP contribution is -2.27. The molecule has 0 radical (unpaired) electrons. The minimum Gasteiger partial charge on any atom is -0.304 e. The van der Waals surface area contributed by atoms with Crippen LogP contribution in [0.2, 0.25) is 0 Å². The van der Waals surface area contributed by atoms with Crippen LogP contribution in [0.1, 0.15) is 36.6 Å². The zero-order valence-electron chi connectivity index (χ0n) is 10.2. The smallest absolute Gasteiger partial charge is 0.0299 e. The number of nitrogens with one attached hydrogen (secondary N) is 1. The van der Waals surface area contributed by atoms with Crippen molar-refractivity contribution in [3.63, 3.8) is 0 Å². The predicted octanol–water partition coefficient (Wildman–Crippen LogP) is 3.53. The standard InChI is InChI=1S/C14H21N/c1-6-12(4)15-13(5)14-8-7-10(2)9-11(14)3/h6-9,12-13,15H,1H2,2-5H3. The molecule has 2 unspecified atom stereocenters. The average molecular weight is 203 g/mol. The van der Waals surface area contributed by atoms with Crippen molar-refractivity contribution in [3.05, 3.63) is 47.5 Å². The molecule has 1 aromatic rings. The van der Waals surface area contributed by atoms with E-state index in [9.17, 15) is 0 Å². The molecule has 0 saturated heterocycles. The fourth-order valence-corrected chi connectivity index (χ4v) is 1.86. The number of rotatable bonds is 4. The lowest BCUT2D eigenvalue weighted by molar-refractivity contribution is 0.535. The van der Waals surface area contributed by atoms with Crippen LogP contribution in [0.4, 0.5) is 0 Å². The van der Waals surface area contributed by atoms with E-state index in [-0.39, 0.29) is 0 Å². The van der Waals surface area contributed by atoms with Gasteiger partial charge in [0, 0.05) is 12.1 Å². The molecule has 2 atom stereocenters. The molecular formula is C14H21N. The molecule has 1 rings (SSSR count). The molecule has 0 aliphatic heterocycles. The Bertz CT molecular complexity index is 341. The van der Waals surface area contributed by atoms with Gasteiger partial charge in [0.2, 0.25) is 0 Å². The zero-order chi connectivity index (χ0) is 11.4.